The molecule has 0 saturated carbocycles. The smallest absolute Gasteiger partial charge is 0.258 e. The van der Waals surface area contributed by atoms with Crippen LogP contribution in [0.1, 0.15) is 20.7 Å². The molecule has 0 radical (unpaired) electrons. The standard InChI is InChI=1S/C40H26N4O8/c45-35-20-21-36(46)43(35)29-12-4-25(5-13-29)39(49)42-28-10-18-32(19-11-28)52-34-3-1-2-33(24-34)51-31-16-6-26(7-17-31)40(50)41-27-8-14-30(15-9-27)44-37(47)22-23-38(44)48/h1-24H,(H,41,50)(H,42,49). The molecule has 6 amide bonds. The van der Waals surface area contributed by atoms with Crippen molar-refractivity contribution in [2.75, 3.05) is 20.4 Å². The minimum absolute atomic E-state index is 0.350. The van der Waals surface area contributed by atoms with Gasteiger partial charge in [-0.1, -0.05) is 6.07 Å². The number of imide groups is 2. The Balaban J connectivity index is 0.908. The molecule has 2 aliphatic heterocycles. The number of anilines is 4. The second-order valence-electron chi connectivity index (χ2n) is 11.4. The third-order valence-electron chi connectivity index (χ3n) is 7.90. The lowest BCUT2D eigenvalue weighted by Crippen LogP contribution is -2.29. The molecule has 254 valence electrons. The number of amides is 6. The average Bonchev–Trinajstić information content (AvgIpc) is 3.68. The number of nitrogens with one attached hydrogen (secondary N) is 2. The van der Waals surface area contributed by atoms with E-state index in [1.54, 1.807) is 97.1 Å². The van der Waals surface area contributed by atoms with Gasteiger partial charge in [0, 0.05) is 52.9 Å². The Morgan fingerprint density at radius 2 is 0.769 bits per heavy atom. The Hall–Kier alpha value is -7.60. The highest BCUT2D eigenvalue weighted by Gasteiger charge is 2.26. The first kappa shape index (κ1) is 32.9. The van der Waals surface area contributed by atoms with Crippen LogP contribution in [-0.2, 0) is 19.2 Å². The maximum absolute atomic E-state index is 12.8. The minimum Gasteiger partial charge on any atom is -0.457 e. The lowest BCUT2D eigenvalue weighted by Gasteiger charge is -2.14. The van der Waals surface area contributed by atoms with Crippen LogP contribution < -0.4 is 29.9 Å². The number of hydrogen-bond donors (Lipinski definition) is 2. The molecule has 7 rings (SSSR count). The van der Waals surface area contributed by atoms with E-state index < -0.39 is 23.6 Å². The van der Waals surface area contributed by atoms with Gasteiger partial charge >= 0.3 is 0 Å². The second-order valence-corrected chi connectivity index (χ2v) is 11.4. The molecule has 0 spiro atoms. The highest BCUT2D eigenvalue weighted by atomic mass is 16.5. The second kappa shape index (κ2) is 14.1. The Morgan fingerprint density at radius 3 is 1.19 bits per heavy atom. The van der Waals surface area contributed by atoms with E-state index in [1.165, 1.54) is 48.6 Å². The summed E-state index contributed by atoms with van der Waals surface area (Å²) in [6.07, 6.45) is 4.81. The number of rotatable bonds is 10. The van der Waals surface area contributed by atoms with Crippen molar-refractivity contribution in [3.8, 4) is 23.0 Å². The zero-order valence-electron chi connectivity index (χ0n) is 27.0. The van der Waals surface area contributed by atoms with Gasteiger partial charge in [-0.15, -0.1) is 0 Å². The first-order chi connectivity index (χ1) is 25.2. The molecule has 0 fully saturated rings. The highest BCUT2D eigenvalue weighted by Crippen LogP contribution is 2.30. The molecule has 12 nitrogen and oxygen atoms in total. The fourth-order valence-corrected chi connectivity index (χ4v) is 5.33. The first-order valence-electron chi connectivity index (χ1n) is 15.8. The summed E-state index contributed by atoms with van der Waals surface area (Å²) in [5, 5.41) is 5.59. The highest BCUT2D eigenvalue weighted by molar-refractivity contribution is 6.29. The van der Waals surface area contributed by atoms with Gasteiger partial charge in [0.05, 0.1) is 11.4 Å². The van der Waals surface area contributed by atoms with E-state index in [9.17, 15) is 28.8 Å². The van der Waals surface area contributed by atoms with Gasteiger partial charge < -0.3 is 20.1 Å². The van der Waals surface area contributed by atoms with Crippen molar-refractivity contribution < 1.29 is 38.2 Å². The van der Waals surface area contributed by atoms with E-state index in [0.29, 0.717) is 56.9 Å². The summed E-state index contributed by atoms with van der Waals surface area (Å²) in [6.45, 7) is 0. The fourth-order valence-electron chi connectivity index (χ4n) is 5.33. The lowest BCUT2D eigenvalue weighted by molar-refractivity contribution is -0.121. The van der Waals surface area contributed by atoms with Gasteiger partial charge in [-0.2, -0.15) is 0 Å². The maximum atomic E-state index is 12.8. The number of benzene rings is 5. The third kappa shape index (κ3) is 7.21. The molecule has 0 atom stereocenters. The molecule has 5 aromatic rings. The molecular weight excluding hydrogens is 664 g/mol. The van der Waals surface area contributed by atoms with E-state index >= 15 is 0 Å². The van der Waals surface area contributed by atoms with Crippen LogP contribution in [0.3, 0.4) is 0 Å². The van der Waals surface area contributed by atoms with Crippen molar-refractivity contribution in [3.05, 3.63) is 157 Å². The van der Waals surface area contributed by atoms with Crippen LogP contribution in [0.2, 0.25) is 0 Å². The van der Waals surface area contributed by atoms with Gasteiger partial charge in [0.2, 0.25) is 0 Å². The predicted octanol–water partition coefficient (Wildman–Crippen LogP) is 6.63. The van der Waals surface area contributed by atoms with Crippen LogP contribution in [0.25, 0.3) is 0 Å². The monoisotopic (exact) mass is 690 g/mol. The summed E-state index contributed by atoms with van der Waals surface area (Å²) in [7, 11) is 0. The Labute approximate surface area is 296 Å². The van der Waals surface area contributed by atoms with Crippen molar-refractivity contribution in [1.29, 1.82) is 0 Å². The molecule has 0 unspecified atom stereocenters. The van der Waals surface area contributed by atoms with Gasteiger partial charge in [0.15, 0.2) is 0 Å². The van der Waals surface area contributed by atoms with Crippen molar-refractivity contribution in [2.24, 2.45) is 0 Å². The number of hydrogen-bond acceptors (Lipinski definition) is 8. The molecule has 0 aliphatic carbocycles. The molecule has 2 N–H and O–H groups in total. The topological polar surface area (TPSA) is 151 Å². The van der Waals surface area contributed by atoms with Crippen LogP contribution in [0.4, 0.5) is 22.7 Å². The van der Waals surface area contributed by atoms with Crippen LogP contribution in [0, 0.1) is 0 Å². The molecule has 2 heterocycles. The lowest BCUT2D eigenvalue weighted by atomic mass is 10.1. The molecule has 0 bridgehead atoms. The van der Waals surface area contributed by atoms with Crippen molar-refractivity contribution >= 4 is 58.2 Å². The van der Waals surface area contributed by atoms with Gasteiger partial charge in [0.25, 0.3) is 35.4 Å². The van der Waals surface area contributed by atoms with Gasteiger partial charge in [-0.25, -0.2) is 9.80 Å². The molecule has 52 heavy (non-hydrogen) atoms. The zero-order chi connectivity index (χ0) is 36.2. The summed E-state index contributed by atoms with van der Waals surface area (Å²) >= 11 is 0. The molecule has 5 aromatic carbocycles. The van der Waals surface area contributed by atoms with E-state index in [1.807, 2.05) is 0 Å². The molecule has 12 heteroatoms. The normalized spacial score (nSPS) is 13.5. The Bertz CT molecular complexity index is 2260. The van der Waals surface area contributed by atoms with Crippen molar-refractivity contribution in [1.82, 2.24) is 0 Å². The van der Waals surface area contributed by atoms with Gasteiger partial charge in [-0.3, -0.25) is 28.8 Å². The quantitative estimate of drug-likeness (QED) is 0.155. The molecule has 0 saturated heterocycles. The predicted molar refractivity (Wildman–Crippen MR) is 192 cm³/mol. The number of carbonyl (C=O) groups excluding carboxylic acids is 6. The SMILES string of the molecule is O=C(Nc1ccc(N2C(=O)C=CC2=O)cc1)c1ccc(Oc2cccc(Oc3ccc(NC(=O)c4ccc(N5C(=O)C=CC5=O)cc4)cc3)c2)cc1. The van der Waals surface area contributed by atoms with Crippen molar-refractivity contribution in [3.63, 3.8) is 0 Å². The zero-order valence-corrected chi connectivity index (χ0v) is 27.0. The number of carbonyl (C=O) groups is 6. The summed E-state index contributed by atoms with van der Waals surface area (Å²) in [5.41, 5.74) is 2.56. The Morgan fingerprint density at radius 1 is 0.423 bits per heavy atom. The minimum atomic E-state index is -0.433. The largest absolute Gasteiger partial charge is 0.457 e. The summed E-state index contributed by atoms with van der Waals surface area (Å²) < 4.78 is 12.0. The van der Waals surface area contributed by atoms with Gasteiger partial charge in [-0.05, 0) is 109 Å². The van der Waals surface area contributed by atoms with Crippen LogP contribution in [0.15, 0.2) is 146 Å². The summed E-state index contributed by atoms with van der Waals surface area (Å²) in [4.78, 5) is 75.2. The van der Waals surface area contributed by atoms with E-state index in [2.05, 4.69) is 10.6 Å². The van der Waals surface area contributed by atoms with E-state index in [4.69, 9.17) is 9.47 Å². The summed E-state index contributed by atoms with van der Waals surface area (Å²) in [6, 6.07) is 32.9. The molecule has 0 aromatic heterocycles. The average molecular weight is 691 g/mol. The van der Waals surface area contributed by atoms with Crippen LogP contribution >= 0.6 is 0 Å². The number of ether oxygens (including phenoxy) is 2. The first-order valence-corrected chi connectivity index (χ1v) is 15.8. The molecule has 2 aliphatic rings. The van der Waals surface area contributed by atoms with Gasteiger partial charge in [0.1, 0.15) is 23.0 Å². The maximum Gasteiger partial charge on any atom is 0.258 e. The third-order valence-corrected chi connectivity index (χ3v) is 7.90. The van der Waals surface area contributed by atoms with Crippen LogP contribution in [0.5, 0.6) is 23.0 Å². The summed E-state index contributed by atoms with van der Waals surface area (Å²) in [5.74, 6) is -0.387. The Kier molecular flexibility index (Phi) is 8.92. The molecular formula is C40H26N4O8. The van der Waals surface area contributed by atoms with E-state index in [-0.39, 0.29) is 11.8 Å². The fraction of sp³-hybridized carbons (Fsp3) is 0. The number of nitrogens with zero attached hydrogens (tertiary/aromatic N) is 2. The van der Waals surface area contributed by atoms with Crippen molar-refractivity contribution in [2.45, 2.75) is 0 Å². The van der Waals surface area contributed by atoms with E-state index in [0.717, 1.165) is 9.80 Å². The van der Waals surface area contributed by atoms with Crippen LogP contribution in [-0.4, -0.2) is 35.4 Å².